The van der Waals surface area contributed by atoms with Gasteiger partial charge >= 0.3 is 0 Å². The van der Waals surface area contributed by atoms with E-state index in [4.69, 9.17) is 27.9 Å². The van der Waals surface area contributed by atoms with Gasteiger partial charge in [0.2, 0.25) is 0 Å². The van der Waals surface area contributed by atoms with Gasteiger partial charge in [0, 0.05) is 17.5 Å². The van der Waals surface area contributed by atoms with Gasteiger partial charge in [0.05, 0.1) is 11.4 Å². The van der Waals surface area contributed by atoms with E-state index in [1.165, 1.54) is 11.3 Å². The first-order valence-corrected chi connectivity index (χ1v) is 7.20. The molecule has 1 heterocycles. The number of carbonyl (C=O) groups is 1. The molecule has 19 heavy (non-hydrogen) atoms. The maximum atomic E-state index is 12.2. The standard InChI is InChI=1S/C14H12Cl2O2S/c1-8-3-4-12(18-2)9(5-8)6-11(17)10-7-13(15)19-14(10)16/h3-5,7H,6H2,1-2H3. The van der Waals surface area contributed by atoms with Crippen LogP contribution in [-0.4, -0.2) is 12.9 Å². The molecule has 2 rings (SSSR count). The van der Waals surface area contributed by atoms with Crippen LogP contribution < -0.4 is 4.74 Å². The molecule has 2 nitrogen and oxygen atoms in total. The molecule has 0 bridgehead atoms. The number of rotatable bonds is 4. The normalized spacial score (nSPS) is 10.5. The summed E-state index contributed by atoms with van der Waals surface area (Å²) >= 11 is 13.0. The van der Waals surface area contributed by atoms with E-state index in [0.29, 0.717) is 20.0 Å². The molecule has 2 aromatic rings. The molecule has 0 aliphatic rings. The molecule has 0 spiro atoms. The fraction of sp³-hybridized carbons (Fsp3) is 0.214. The molecule has 0 N–H and O–H groups in total. The second-order valence-electron chi connectivity index (χ2n) is 4.15. The average Bonchev–Trinajstić information content (AvgIpc) is 2.69. The number of aryl methyl sites for hydroxylation is 1. The molecule has 0 saturated carbocycles. The van der Waals surface area contributed by atoms with Crippen molar-refractivity contribution in [3.63, 3.8) is 0 Å². The minimum absolute atomic E-state index is 0.0583. The zero-order valence-electron chi connectivity index (χ0n) is 10.5. The quantitative estimate of drug-likeness (QED) is 0.758. The van der Waals surface area contributed by atoms with Crippen LogP contribution >= 0.6 is 34.5 Å². The third-order valence-corrected chi connectivity index (χ3v) is 4.23. The molecule has 0 saturated heterocycles. The van der Waals surface area contributed by atoms with Crippen molar-refractivity contribution in [2.75, 3.05) is 7.11 Å². The Labute approximate surface area is 125 Å². The van der Waals surface area contributed by atoms with Gasteiger partial charge in [-0.25, -0.2) is 0 Å². The van der Waals surface area contributed by atoms with E-state index in [9.17, 15) is 4.79 Å². The first-order valence-electron chi connectivity index (χ1n) is 5.63. The van der Waals surface area contributed by atoms with Crippen LogP contribution in [0.4, 0.5) is 0 Å². The number of benzene rings is 1. The van der Waals surface area contributed by atoms with E-state index < -0.39 is 0 Å². The van der Waals surface area contributed by atoms with Gasteiger partial charge in [-0.05, 0) is 19.1 Å². The van der Waals surface area contributed by atoms with Crippen LogP contribution in [0.2, 0.25) is 8.67 Å². The van der Waals surface area contributed by atoms with Crippen LogP contribution in [-0.2, 0) is 6.42 Å². The summed E-state index contributed by atoms with van der Waals surface area (Å²) in [5.41, 5.74) is 2.41. The number of halogens is 2. The molecule has 1 aromatic heterocycles. The van der Waals surface area contributed by atoms with Crippen molar-refractivity contribution in [3.8, 4) is 5.75 Å². The van der Waals surface area contributed by atoms with Gasteiger partial charge in [-0.15, -0.1) is 11.3 Å². The third-order valence-electron chi connectivity index (χ3n) is 2.74. The Morgan fingerprint density at radius 2 is 2.05 bits per heavy atom. The van der Waals surface area contributed by atoms with Crippen molar-refractivity contribution >= 4 is 40.3 Å². The first kappa shape index (κ1) is 14.4. The van der Waals surface area contributed by atoms with Crippen LogP contribution in [0.3, 0.4) is 0 Å². The number of methoxy groups -OCH3 is 1. The van der Waals surface area contributed by atoms with Gasteiger partial charge in [-0.1, -0.05) is 40.9 Å². The Morgan fingerprint density at radius 3 is 2.63 bits per heavy atom. The molecule has 0 aliphatic carbocycles. The molecule has 0 amide bonds. The van der Waals surface area contributed by atoms with E-state index in [1.54, 1.807) is 13.2 Å². The average molecular weight is 315 g/mol. The van der Waals surface area contributed by atoms with Gasteiger partial charge in [0.1, 0.15) is 10.1 Å². The SMILES string of the molecule is COc1ccc(C)cc1CC(=O)c1cc(Cl)sc1Cl. The fourth-order valence-electron chi connectivity index (χ4n) is 1.84. The molecule has 0 aliphatic heterocycles. The number of Topliss-reactive ketones (excluding diaryl/α,β-unsaturated/α-hetero) is 1. The van der Waals surface area contributed by atoms with E-state index in [1.807, 2.05) is 25.1 Å². The maximum Gasteiger partial charge on any atom is 0.169 e. The number of hydrogen-bond acceptors (Lipinski definition) is 3. The van der Waals surface area contributed by atoms with Gasteiger partial charge in [-0.2, -0.15) is 0 Å². The van der Waals surface area contributed by atoms with E-state index in [0.717, 1.165) is 11.1 Å². The number of ether oxygens (including phenoxy) is 1. The van der Waals surface area contributed by atoms with E-state index in [-0.39, 0.29) is 12.2 Å². The first-order chi connectivity index (χ1) is 9.01. The summed E-state index contributed by atoms with van der Waals surface area (Å²) in [5, 5.41) is 0. The zero-order chi connectivity index (χ0) is 14.0. The topological polar surface area (TPSA) is 26.3 Å². The molecule has 0 unspecified atom stereocenters. The summed E-state index contributed by atoms with van der Waals surface area (Å²) in [6.45, 7) is 1.97. The summed E-state index contributed by atoms with van der Waals surface area (Å²) in [5.74, 6) is 0.647. The monoisotopic (exact) mass is 314 g/mol. The molecule has 100 valence electrons. The number of carbonyl (C=O) groups excluding carboxylic acids is 1. The molecular weight excluding hydrogens is 303 g/mol. The minimum atomic E-state index is -0.0583. The molecule has 0 fully saturated rings. The third kappa shape index (κ3) is 3.30. The lowest BCUT2D eigenvalue weighted by Crippen LogP contribution is -2.04. The Morgan fingerprint density at radius 1 is 1.32 bits per heavy atom. The molecule has 1 aromatic carbocycles. The van der Waals surface area contributed by atoms with Crippen LogP contribution in [0.25, 0.3) is 0 Å². The Balaban J connectivity index is 2.28. The number of ketones is 1. The Hall–Kier alpha value is -1.03. The van der Waals surface area contributed by atoms with E-state index >= 15 is 0 Å². The second kappa shape index (κ2) is 5.95. The fourth-order valence-corrected chi connectivity index (χ4v) is 3.34. The highest BCUT2D eigenvalue weighted by atomic mass is 35.5. The smallest absolute Gasteiger partial charge is 0.169 e. The lowest BCUT2D eigenvalue weighted by Gasteiger charge is -2.08. The van der Waals surface area contributed by atoms with Crippen molar-refractivity contribution in [1.29, 1.82) is 0 Å². The molecular formula is C14H12Cl2O2S. The van der Waals surface area contributed by atoms with Gasteiger partial charge in [0.25, 0.3) is 0 Å². The summed E-state index contributed by atoms with van der Waals surface area (Å²) in [4.78, 5) is 12.2. The van der Waals surface area contributed by atoms with Crippen LogP contribution in [0.1, 0.15) is 21.5 Å². The maximum absolute atomic E-state index is 12.2. The molecule has 5 heteroatoms. The van der Waals surface area contributed by atoms with Crippen LogP contribution in [0.15, 0.2) is 24.3 Å². The number of hydrogen-bond donors (Lipinski definition) is 0. The summed E-state index contributed by atoms with van der Waals surface area (Å²) in [7, 11) is 1.59. The van der Waals surface area contributed by atoms with Crippen molar-refractivity contribution in [2.45, 2.75) is 13.3 Å². The molecule has 0 atom stereocenters. The number of thiophene rings is 1. The van der Waals surface area contributed by atoms with Crippen molar-refractivity contribution in [3.05, 3.63) is 49.6 Å². The summed E-state index contributed by atoms with van der Waals surface area (Å²) < 4.78 is 6.21. The highest BCUT2D eigenvalue weighted by Gasteiger charge is 2.16. The van der Waals surface area contributed by atoms with Crippen LogP contribution in [0.5, 0.6) is 5.75 Å². The van der Waals surface area contributed by atoms with E-state index in [2.05, 4.69) is 0 Å². The van der Waals surface area contributed by atoms with Gasteiger partial charge in [0.15, 0.2) is 5.78 Å². The van der Waals surface area contributed by atoms with Crippen molar-refractivity contribution in [2.24, 2.45) is 0 Å². The lowest BCUT2D eigenvalue weighted by atomic mass is 10.0. The second-order valence-corrected chi connectivity index (χ2v) is 6.44. The summed E-state index contributed by atoms with van der Waals surface area (Å²) in [6.07, 6.45) is 0.248. The highest BCUT2D eigenvalue weighted by molar-refractivity contribution is 7.20. The van der Waals surface area contributed by atoms with Gasteiger partial charge in [-0.3, -0.25) is 4.79 Å². The van der Waals surface area contributed by atoms with Crippen molar-refractivity contribution < 1.29 is 9.53 Å². The Bertz CT molecular complexity index is 620. The molecule has 0 radical (unpaired) electrons. The predicted molar refractivity (Wildman–Crippen MR) is 80.1 cm³/mol. The largest absolute Gasteiger partial charge is 0.496 e. The highest BCUT2D eigenvalue weighted by Crippen LogP contribution is 2.32. The Kier molecular flexibility index (Phi) is 4.50. The predicted octanol–water partition coefficient (Wildman–Crippen LogP) is 4.80. The minimum Gasteiger partial charge on any atom is -0.496 e. The zero-order valence-corrected chi connectivity index (χ0v) is 12.8. The summed E-state index contributed by atoms with van der Waals surface area (Å²) in [6, 6.07) is 7.36. The van der Waals surface area contributed by atoms with Gasteiger partial charge < -0.3 is 4.74 Å². The van der Waals surface area contributed by atoms with Crippen molar-refractivity contribution in [1.82, 2.24) is 0 Å². The lowest BCUT2D eigenvalue weighted by molar-refractivity contribution is 0.0992. The van der Waals surface area contributed by atoms with Crippen LogP contribution in [0, 0.1) is 6.92 Å².